The van der Waals surface area contributed by atoms with Gasteiger partial charge in [0.2, 0.25) is 0 Å². The molecule has 0 radical (unpaired) electrons. The zero-order valence-corrected chi connectivity index (χ0v) is 8.80. The molecule has 2 rings (SSSR count). The highest BCUT2D eigenvalue weighted by atomic mass is 16.3. The Kier molecular flexibility index (Phi) is 3.46. The molecule has 0 aliphatic heterocycles. The van der Waals surface area contributed by atoms with Gasteiger partial charge in [0.1, 0.15) is 5.82 Å². The zero-order valence-electron chi connectivity index (χ0n) is 8.80. The van der Waals surface area contributed by atoms with Gasteiger partial charge in [0, 0.05) is 18.9 Å². The number of nitrogens with one attached hydrogen (secondary N) is 1. The lowest BCUT2D eigenvalue weighted by molar-refractivity contribution is 0.281. The van der Waals surface area contributed by atoms with E-state index in [4.69, 9.17) is 5.11 Å². The smallest absolute Gasteiger partial charge is 0.144 e. The minimum absolute atomic E-state index is 0.0684. The molecule has 1 aromatic carbocycles. The Bertz CT molecular complexity index is 445. The number of aliphatic hydroxyl groups is 1. The molecule has 82 valence electrons. The summed E-state index contributed by atoms with van der Waals surface area (Å²) < 4.78 is 0. The Morgan fingerprint density at radius 2 is 2.06 bits per heavy atom. The van der Waals surface area contributed by atoms with Crippen molar-refractivity contribution in [1.29, 1.82) is 0 Å². The topological polar surface area (TPSA) is 58.0 Å². The highest BCUT2D eigenvalue weighted by Gasteiger charge is 1.96. The fourth-order valence-electron chi connectivity index (χ4n) is 1.42. The average molecular weight is 215 g/mol. The van der Waals surface area contributed by atoms with Crippen LogP contribution < -0.4 is 5.32 Å². The first kappa shape index (κ1) is 10.6. The molecule has 16 heavy (non-hydrogen) atoms. The molecule has 4 nitrogen and oxygen atoms in total. The molecule has 0 aliphatic carbocycles. The molecule has 0 fully saturated rings. The molecule has 0 saturated carbocycles. The first-order chi connectivity index (χ1) is 7.88. The number of anilines is 1. The van der Waals surface area contributed by atoms with E-state index in [0.29, 0.717) is 6.54 Å². The molecule has 4 heteroatoms. The predicted octanol–water partition coefficient (Wildman–Crippen LogP) is 1.58. The van der Waals surface area contributed by atoms with Crippen LogP contribution >= 0.6 is 0 Å². The summed E-state index contributed by atoms with van der Waals surface area (Å²) in [5.41, 5.74) is 2.02. The number of aromatic nitrogens is 2. The fraction of sp³-hybridized carbons (Fsp3) is 0.167. The summed E-state index contributed by atoms with van der Waals surface area (Å²) in [7, 11) is 0. The number of aliphatic hydroxyl groups excluding tert-OH is 1. The fourth-order valence-corrected chi connectivity index (χ4v) is 1.42. The first-order valence-corrected chi connectivity index (χ1v) is 5.07. The molecule has 0 atom stereocenters. The van der Waals surface area contributed by atoms with Crippen LogP contribution in [-0.2, 0) is 13.2 Å². The van der Waals surface area contributed by atoms with Crippen LogP contribution in [0, 0.1) is 0 Å². The van der Waals surface area contributed by atoms with Crippen molar-refractivity contribution < 1.29 is 5.11 Å². The molecule has 0 saturated heterocycles. The van der Waals surface area contributed by atoms with Crippen LogP contribution in [0.4, 0.5) is 5.82 Å². The molecule has 0 bridgehead atoms. The van der Waals surface area contributed by atoms with E-state index in [9.17, 15) is 0 Å². The highest BCUT2D eigenvalue weighted by Crippen LogP contribution is 2.07. The van der Waals surface area contributed by atoms with Gasteiger partial charge in [0.25, 0.3) is 0 Å². The summed E-state index contributed by atoms with van der Waals surface area (Å²) in [6.45, 7) is 0.742. The van der Waals surface area contributed by atoms with Crippen LogP contribution in [0.25, 0.3) is 0 Å². The molecule has 0 unspecified atom stereocenters. The minimum atomic E-state index is 0.0684. The van der Waals surface area contributed by atoms with Crippen LogP contribution in [0.15, 0.2) is 42.9 Å². The van der Waals surface area contributed by atoms with Crippen LogP contribution in [0.1, 0.15) is 11.1 Å². The summed E-state index contributed by atoms with van der Waals surface area (Å²) in [5.74, 6) is 0.747. The molecular weight excluding hydrogens is 202 g/mol. The Balaban J connectivity index is 1.99. The van der Waals surface area contributed by atoms with Crippen LogP contribution in [0.3, 0.4) is 0 Å². The van der Waals surface area contributed by atoms with Gasteiger partial charge in [0.05, 0.1) is 12.8 Å². The molecule has 1 heterocycles. The third-order valence-corrected chi connectivity index (χ3v) is 2.21. The van der Waals surface area contributed by atoms with Crippen LogP contribution in [0.2, 0.25) is 0 Å². The van der Waals surface area contributed by atoms with Crippen molar-refractivity contribution in [3.8, 4) is 0 Å². The van der Waals surface area contributed by atoms with Crippen molar-refractivity contribution >= 4 is 5.82 Å². The molecule has 2 N–H and O–H groups in total. The van der Waals surface area contributed by atoms with Crippen LogP contribution in [-0.4, -0.2) is 15.1 Å². The number of benzene rings is 1. The van der Waals surface area contributed by atoms with Gasteiger partial charge < -0.3 is 10.4 Å². The summed E-state index contributed by atoms with van der Waals surface area (Å²) >= 11 is 0. The van der Waals surface area contributed by atoms with Crippen molar-refractivity contribution in [3.63, 3.8) is 0 Å². The van der Waals surface area contributed by atoms with Crippen LogP contribution in [0.5, 0.6) is 0 Å². The van der Waals surface area contributed by atoms with E-state index in [2.05, 4.69) is 15.3 Å². The van der Waals surface area contributed by atoms with E-state index in [-0.39, 0.29) is 6.61 Å². The summed E-state index contributed by atoms with van der Waals surface area (Å²) in [4.78, 5) is 8.08. The van der Waals surface area contributed by atoms with Crippen molar-refractivity contribution in [2.75, 3.05) is 5.32 Å². The SMILES string of the molecule is OCc1cccc(CNc2cnccn2)c1. The van der Waals surface area contributed by atoms with Crippen molar-refractivity contribution in [2.45, 2.75) is 13.2 Å². The third kappa shape index (κ3) is 2.77. The standard InChI is InChI=1S/C12H13N3O/c16-9-11-3-1-2-10(6-11)7-15-12-8-13-4-5-14-12/h1-6,8,16H,7,9H2,(H,14,15). The minimum Gasteiger partial charge on any atom is -0.392 e. The largest absolute Gasteiger partial charge is 0.392 e. The Labute approximate surface area is 94.0 Å². The van der Waals surface area contributed by atoms with Gasteiger partial charge in [-0.25, -0.2) is 4.98 Å². The lowest BCUT2D eigenvalue weighted by Crippen LogP contribution is -2.01. The van der Waals surface area contributed by atoms with Crippen molar-refractivity contribution in [3.05, 3.63) is 54.0 Å². The Morgan fingerprint density at radius 3 is 2.81 bits per heavy atom. The highest BCUT2D eigenvalue weighted by molar-refractivity contribution is 5.33. The molecule has 0 aliphatic rings. The van der Waals surface area contributed by atoms with Crippen molar-refractivity contribution in [1.82, 2.24) is 9.97 Å². The lowest BCUT2D eigenvalue weighted by Gasteiger charge is -2.05. The Hall–Kier alpha value is -1.94. The van der Waals surface area contributed by atoms with Gasteiger partial charge in [-0.15, -0.1) is 0 Å². The zero-order chi connectivity index (χ0) is 11.2. The van der Waals surface area contributed by atoms with Gasteiger partial charge in [-0.1, -0.05) is 24.3 Å². The molecule has 1 aromatic heterocycles. The maximum Gasteiger partial charge on any atom is 0.144 e. The quantitative estimate of drug-likeness (QED) is 0.813. The molecular formula is C12H13N3O. The van der Waals surface area contributed by atoms with E-state index >= 15 is 0 Å². The van der Waals surface area contributed by atoms with E-state index in [0.717, 1.165) is 16.9 Å². The summed E-state index contributed by atoms with van der Waals surface area (Å²) in [6, 6.07) is 7.79. The number of hydrogen-bond acceptors (Lipinski definition) is 4. The van der Waals surface area contributed by atoms with E-state index in [1.165, 1.54) is 0 Å². The second kappa shape index (κ2) is 5.23. The van der Waals surface area contributed by atoms with Gasteiger partial charge in [0.15, 0.2) is 0 Å². The number of hydrogen-bond donors (Lipinski definition) is 2. The monoisotopic (exact) mass is 215 g/mol. The second-order valence-corrected chi connectivity index (χ2v) is 3.42. The molecule has 2 aromatic rings. The van der Waals surface area contributed by atoms with Gasteiger partial charge in [-0.05, 0) is 11.1 Å². The van der Waals surface area contributed by atoms with Gasteiger partial charge in [-0.3, -0.25) is 4.98 Å². The second-order valence-electron chi connectivity index (χ2n) is 3.42. The first-order valence-electron chi connectivity index (χ1n) is 5.07. The van der Waals surface area contributed by atoms with E-state index in [1.54, 1.807) is 18.6 Å². The number of rotatable bonds is 4. The average Bonchev–Trinajstić information content (AvgIpc) is 2.38. The number of nitrogens with zero attached hydrogens (tertiary/aromatic N) is 2. The maximum absolute atomic E-state index is 9.00. The normalized spacial score (nSPS) is 10.1. The van der Waals surface area contributed by atoms with Gasteiger partial charge in [-0.2, -0.15) is 0 Å². The Morgan fingerprint density at radius 1 is 1.19 bits per heavy atom. The summed E-state index contributed by atoms with van der Waals surface area (Å²) in [6.07, 6.45) is 4.96. The predicted molar refractivity (Wildman–Crippen MR) is 61.7 cm³/mol. The lowest BCUT2D eigenvalue weighted by atomic mass is 10.1. The van der Waals surface area contributed by atoms with E-state index < -0.39 is 0 Å². The maximum atomic E-state index is 9.00. The molecule has 0 amide bonds. The van der Waals surface area contributed by atoms with Gasteiger partial charge >= 0.3 is 0 Å². The van der Waals surface area contributed by atoms with Crippen molar-refractivity contribution in [2.24, 2.45) is 0 Å². The van der Waals surface area contributed by atoms with E-state index in [1.807, 2.05) is 24.3 Å². The third-order valence-electron chi connectivity index (χ3n) is 2.21. The molecule has 0 spiro atoms. The summed E-state index contributed by atoms with van der Waals surface area (Å²) in [5, 5.41) is 12.2.